The minimum Gasteiger partial charge on any atom is -0.496 e. The molecular formula is C12H14N2O. The lowest BCUT2D eigenvalue weighted by Gasteiger charge is -2.07. The number of methoxy groups -OCH3 is 1. The van der Waals surface area contributed by atoms with Crippen LogP contribution in [0.1, 0.15) is 5.56 Å². The van der Waals surface area contributed by atoms with Crippen molar-refractivity contribution in [3.63, 3.8) is 0 Å². The van der Waals surface area contributed by atoms with E-state index in [4.69, 9.17) is 10.5 Å². The topological polar surface area (TPSA) is 51.0 Å². The molecule has 78 valence electrons. The zero-order valence-corrected chi connectivity index (χ0v) is 8.87. The monoisotopic (exact) mass is 202 g/mol. The maximum Gasteiger partial charge on any atom is 0.128 e. The van der Waals surface area contributed by atoms with Gasteiger partial charge in [0.05, 0.1) is 12.8 Å². The van der Waals surface area contributed by atoms with E-state index in [9.17, 15) is 0 Å². The number of aryl methyl sites for hydroxylation is 1. The van der Waals surface area contributed by atoms with Crippen molar-refractivity contribution < 1.29 is 4.74 Å². The van der Waals surface area contributed by atoms with E-state index in [1.165, 1.54) is 5.56 Å². The zero-order valence-electron chi connectivity index (χ0n) is 8.87. The highest BCUT2D eigenvalue weighted by atomic mass is 16.5. The number of ether oxygens (including phenoxy) is 1. The van der Waals surface area contributed by atoms with Crippen molar-refractivity contribution in [3.05, 3.63) is 36.0 Å². The molecule has 0 amide bonds. The minimum absolute atomic E-state index is 0.729. The van der Waals surface area contributed by atoms with Crippen molar-refractivity contribution >= 4 is 5.69 Å². The zero-order chi connectivity index (χ0) is 10.8. The molecular weight excluding hydrogens is 188 g/mol. The fraction of sp³-hybridized carbons (Fsp3) is 0.167. The number of benzene rings is 1. The molecule has 2 rings (SSSR count). The molecule has 0 unspecified atom stereocenters. The summed E-state index contributed by atoms with van der Waals surface area (Å²) >= 11 is 0. The normalized spacial score (nSPS) is 10.3. The molecule has 0 fully saturated rings. The van der Waals surface area contributed by atoms with Gasteiger partial charge in [-0.25, -0.2) is 0 Å². The molecule has 2 aromatic rings. The van der Waals surface area contributed by atoms with Gasteiger partial charge in [0.15, 0.2) is 0 Å². The van der Waals surface area contributed by atoms with Crippen LogP contribution >= 0.6 is 0 Å². The summed E-state index contributed by atoms with van der Waals surface area (Å²) in [5.74, 6) is 0.858. The molecule has 0 aliphatic heterocycles. The lowest BCUT2D eigenvalue weighted by atomic mass is 10.1. The van der Waals surface area contributed by atoms with Gasteiger partial charge >= 0.3 is 0 Å². The van der Waals surface area contributed by atoms with E-state index in [2.05, 4.69) is 11.1 Å². The van der Waals surface area contributed by atoms with Crippen LogP contribution in [-0.4, -0.2) is 12.1 Å². The fourth-order valence-corrected chi connectivity index (χ4v) is 1.59. The van der Waals surface area contributed by atoms with E-state index in [1.807, 2.05) is 25.1 Å². The molecule has 0 spiro atoms. The molecule has 15 heavy (non-hydrogen) atoms. The summed E-state index contributed by atoms with van der Waals surface area (Å²) in [6, 6.07) is 7.98. The van der Waals surface area contributed by atoms with Crippen LogP contribution in [0.3, 0.4) is 0 Å². The Balaban J connectivity index is 2.52. The first-order valence-electron chi connectivity index (χ1n) is 4.79. The predicted octanol–water partition coefficient (Wildman–Crippen LogP) is 2.58. The average molecular weight is 202 g/mol. The smallest absolute Gasteiger partial charge is 0.128 e. The summed E-state index contributed by atoms with van der Waals surface area (Å²) in [6.45, 7) is 2.04. The van der Waals surface area contributed by atoms with Gasteiger partial charge in [-0.05, 0) is 30.7 Å². The molecule has 3 nitrogen and oxygen atoms in total. The SMILES string of the molecule is COc1cc(C)ccc1-c1cc(N)c[nH]1. The summed E-state index contributed by atoms with van der Waals surface area (Å²) in [5.41, 5.74) is 9.57. The maximum absolute atomic E-state index is 5.67. The Bertz CT molecular complexity index is 474. The Hall–Kier alpha value is -1.90. The van der Waals surface area contributed by atoms with E-state index in [-0.39, 0.29) is 0 Å². The highest BCUT2D eigenvalue weighted by molar-refractivity contribution is 5.70. The third-order valence-corrected chi connectivity index (χ3v) is 2.35. The van der Waals surface area contributed by atoms with Gasteiger partial charge in [0.1, 0.15) is 5.75 Å². The molecule has 0 atom stereocenters. The largest absolute Gasteiger partial charge is 0.496 e. The van der Waals surface area contributed by atoms with Crippen molar-refractivity contribution in [3.8, 4) is 17.0 Å². The van der Waals surface area contributed by atoms with Crippen LogP contribution < -0.4 is 10.5 Å². The van der Waals surface area contributed by atoms with E-state index in [0.717, 1.165) is 22.7 Å². The first-order chi connectivity index (χ1) is 7.20. The molecule has 1 aromatic carbocycles. The Labute approximate surface area is 88.9 Å². The Morgan fingerprint density at radius 2 is 2.07 bits per heavy atom. The third-order valence-electron chi connectivity index (χ3n) is 2.35. The van der Waals surface area contributed by atoms with Crippen LogP contribution in [0.2, 0.25) is 0 Å². The molecule has 1 aromatic heterocycles. The van der Waals surface area contributed by atoms with Crippen LogP contribution in [0.15, 0.2) is 30.5 Å². The predicted molar refractivity (Wildman–Crippen MR) is 61.9 cm³/mol. The minimum atomic E-state index is 0.729. The fourth-order valence-electron chi connectivity index (χ4n) is 1.59. The van der Waals surface area contributed by atoms with Crippen molar-refractivity contribution in [2.24, 2.45) is 0 Å². The number of nitrogens with one attached hydrogen (secondary N) is 1. The van der Waals surface area contributed by atoms with Crippen molar-refractivity contribution in [1.82, 2.24) is 4.98 Å². The maximum atomic E-state index is 5.67. The summed E-state index contributed by atoms with van der Waals surface area (Å²) in [5, 5.41) is 0. The lowest BCUT2D eigenvalue weighted by Crippen LogP contribution is -1.88. The molecule has 3 heteroatoms. The molecule has 0 bridgehead atoms. The number of anilines is 1. The van der Waals surface area contributed by atoms with Gasteiger partial charge in [0, 0.05) is 17.4 Å². The highest BCUT2D eigenvalue weighted by Gasteiger charge is 2.07. The third kappa shape index (κ3) is 1.81. The van der Waals surface area contributed by atoms with E-state index < -0.39 is 0 Å². The van der Waals surface area contributed by atoms with Crippen LogP contribution in [0.4, 0.5) is 5.69 Å². The Morgan fingerprint density at radius 3 is 2.67 bits per heavy atom. The van der Waals surface area contributed by atoms with Gasteiger partial charge in [0.25, 0.3) is 0 Å². The summed E-state index contributed by atoms with van der Waals surface area (Å²) < 4.78 is 5.33. The van der Waals surface area contributed by atoms with E-state index in [1.54, 1.807) is 13.3 Å². The molecule has 0 saturated carbocycles. The summed E-state index contributed by atoms with van der Waals surface area (Å²) in [4.78, 5) is 3.11. The number of H-pyrrole nitrogens is 1. The quantitative estimate of drug-likeness (QED) is 0.786. The average Bonchev–Trinajstić information content (AvgIpc) is 2.64. The second-order valence-corrected chi connectivity index (χ2v) is 3.55. The molecule has 0 aliphatic carbocycles. The van der Waals surface area contributed by atoms with E-state index in [0.29, 0.717) is 0 Å². The molecule has 0 radical (unpaired) electrons. The second kappa shape index (κ2) is 3.69. The van der Waals surface area contributed by atoms with Gasteiger partial charge < -0.3 is 15.5 Å². The lowest BCUT2D eigenvalue weighted by molar-refractivity contribution is 0.416. The number of rotatable bonds is 2. The highest BCUT2D eigenvalue weighted by Crippen LogP contribution is 2.30. The van der Waals surface area contributed by atoms with Crippen LogP contribution in [-0.2, 0) is 0 Å². The van der Waals surface area contributed by atoms with Crippen molar-refractivity contribution in [1.29, 1.82) is 0 Å². The molecule has 0 saturated heterocycles. The summed E-state index contributed by atoms with van der Waals surface area (Å²) in [6.07, 6.45) is 1.77. The summed E-state index contributed by atoms with van der Waals surface area (Å²) in [7, 11) is 1.67. The van der Waals surface area contributed by atoms with Gasteiger partial charge in [-0.2, -0.15) is 0 Å². The first kappa shape index (κ1) is 9.65. The van der Waals surface area contributed by atoms with Gasteiger partial charge in [-0.3, -0.25) is 0 Å². The van der Waals surface area contributed by atoms with Crippen molar-refractivity contribution in [2.75, 3.05) is 12.8 Å². The van der Waals surface area contributed by atoms with Crippen LogP contribution in [0.25, 0.3) is 11.3 Å². The Kier molecular flexibility index (Phi) is 2.37. The van der Waals surface area contributed by atoms with Gasteiger partial charge in [-0.15, -0.1) is 0 Å². The molecule has 1 heterocycles. The van der Waals surface area contributed by atoms with Crippen LogP contribution in [0, 0.1) is 6.92 Å². The number of nitrogens with two attached hydrogens (primary N) is 1. The standard InChI is InChI=1S/C12H14N2O/c1-8-3-4-10(12(5-8)15-2)11-6-9(13)7-14-11/h3-7,14H,13H2,1-2H3. The number of hydrogen-bond donors (Lipinski definition) is 2. The van der Waals surface area contributed by atoms with Gasteiger partial charge in [0.2, 0.25) is 0 Å². The first-order valence-corrected chi connectivity index (χ1v) is 4.79. The number of aromatic amines is 1. The molecule has 3 N–H and O–H groups in total. The number of hydrogen-bond acceptors (Lipinski definition) is 2. The van der Waals surface area contributed by atoms with E-state index >= 15 is 0 Å². The van der Waals surface area contributed by atoms with Crippen LogP contribution in [0.5, 0.6) is 5.75 Å². The number of aromatic nitrogens is 1. The van der Waals surface area contributed by atoms with Gasteiger partial charge in [-0.1, -0.05) is 6.07 Å². The Morgan fingerprint density at radius 1 is 1.27 bits per heavy atom. The molecule has 0 aliphatic rings. The van der Waals surface area contributed by atoms with Crippen molar-refractivity contribution in [2.45, 2.75) is 6.92 Å². The number of nitrogen functional groups attached to an aromatic ring is 1. The second-order valence-electron chi connectivity index (χ2n) is 3.55.